The Bertz CT molecular complexity index is 471. The van der Waals surface area contributed by atoms with Crippen LogP contribution in [-0.2, 0) is 4.79 Å². The fourth-order valence-corrected chi connectivity index (χ4v) is 2.44. The minimum absolute atomic E-state index is 0. The maximum Gasteiger partial charge on any atom is 0.260 e. The number of nitrogens with one attached hydrogen (secondary N) is 1. The highest BCUT2D eigenvalue weighted by atomic mass is 35.5. The van der Waals surface area contributed by atoms with Gasteiger partial charge in [-0.25, -0.2) is 0 Å². The Morgan fingerprint density at radius 1 is 1.50 bits per heavy atom. The van der Waals surface area contributed by atoms with E-state index in [1.54, 1.807) is 23.1 Å². The average molecular weight is 340 g/mol. The molecule has 1 aromatic carbocycles. The molecule has 1 unspecified atom stereocenters. The zero-order chi connectivity index (χ0) is 13.8. The van der Waals surface area contributed by atoms with Crippen LogP contribution in [0.3, 0.4) is 0 Å². The molecule has 7 heteroatoms. The first-order valence-electron chi connectivity index (χ1n) is 6.15. The maximum atomic E-state index is 12.0. The second-order valence-electron chi connectivity index (χ2n) is 4.56. The molecule has 112 valence electrons. The van der Waals surface area contributed by atoms with Gasteiger partial charge < -0.3 is 15.0 Å². The molecule has 1 amide bonds. The lowest BCUT2D eigenvalue weighted by Gasteiger charge is -2.31. The van der Waals surface area contributed by atoms with Crippen molar-refractivity contribution in [3.05, 3.63) is 28.2 Å². The molecule has 1 heterocycles. The van der Waals surface area contributed by atoms with Crippen molar-refractivity contribution in [2.75, 3.05) is 26.2 Å². The highest BCUT2D eigenvalue weighted by Crippen LogP contribution is 2.27. The Hall–Kier alpha value is -0.680. The van der Waals surface area contributed by atoms with E-state index in [4.69, 9.17) is 27.9 Å². The van der Waals surface area contributed by atoms with Crippen LogP contribution in [0.15, 0.2) is 18.2 Å². The van der Waals surface area contributed by atoms with Crippen LogP contribution in [0.1, 0.15) is 6.92 Å². The molecule has 1 aliphatic heterocycles. The second-order valence-corrected chi connectivity index (χ2v) is 5.40. The highest BCUT2D eigenvalue weighted by Gasteiger charge is 2.20. The highest BCUT2D eigenvalue weighted by molar-refractivity contribution is 6.35. The number of carbonyl (C=O) groups is 1. The third kappa shape index (κ3) is 4.70. The molecule has 0 bridgehead atoms. The van der Waals surface area contributed by atoms with Gasteiger partial charge in [-0.05, 0) is 25.1 Å². The van der Waals surface area contributed by atoms with Gasteiger partial charge in [-0.2, -0.15) is 0 Å². The van der Waals surface area contributed by atoms with Crippen LogP contribution in [0.2, 0.25) is 10.0 Å². The largest absolute Gasteiger partial charge is 0.482 e. The van der Waals surface area contributed by atoms with E-state index in [1.165, 1.54) is 0 Å². The molecule has 0 aromatic heterocycles. The molecule has 1 atom stereocenters. The van der Waals surface area contributed by atoms with Crippen LogP contribution in [0.25, 0.3) is 0 Å². The minimum Gasteiger partial charge on any atom is -0.482 e. The lowest BCUT2D eigenvalue weighted by atomic mass is 10.2. The normalized spacial score (nSPS) is 18.4. The van der Waals surface area contributed by atoms with Crippen molar-refractivity contribution in [2.24, 2.45) is 0 Å². The minimum atomic E-state index is -0.0284. The number of benzene rings is 1. The number of carbonyl (C=O) groups excluding carboxylic acids is 1. The fraction of sp³-hybridized carbons (Fsp3) is 0.462. The lowest BCUT2D eigenvalue weighted by molar-refractivity contribution is -0.134. The van der Waals surface area contributed by atoms with Gasteiger partial charge in [0.2, 0.25) is 0 Å². The Labute approximate surface area is 134 Å². The lowest BCUT2D eigenvalue weighted by Crippen LogP contribution is -2.52. The van der Waals surface area contributed by atoms with Crippen LogP contribution in [0, 0.1) is 0 Å². The first kappa shape index (κ1) is 17.4. The van der Waals surface area contributed by atoms with E-state index in [1.807, 2.05) is 0 Å². The molecular formula is C13H17Cl3N2O2. The molecule has 0 spiro atoms. The van der Waals surface area contributed by atoms with Crippen molar-refractivity contribution in [1.82, 2.24) is 10.2 Å². The van der Waals surface area contributed by atoms with E-state index in [-0.39, 0.29) is 24.9 Å². The number of halogens is 3. The van der Waals surface area contributed by atoms with Gasteiger partial charge in [0.05, 0.1) is 5.02 Å². The monoisotopic (exact) mass is 338 g/mol. The molecule has 4 nitrogen and oxygen atoms in total. The summed E-state index contributed by atoms with van der Waals surface area (Å²) in [6, 6.07) is 5.26. The van der Waals surface area contributed by atoms with Gasteiger partial charge in [0.1, 0.15) is 5.75 Å². The molecule has 0 saturated carbocycles. The molecule has 1 aromatic rings. The average Bonchev–Trinajstić information content (AvgIpc) is 2.37. The number of rotatable bonds is 3. The van der Waals surface area contributed by atoms with E-state index in [0.717, 1.165) is 6.54 Å². The summed E-state index contributed by atoms with van der Waals surface area (Å²) >= 11 is 11.8. The first-order chi connectivity index (χ1) is 9.06. The number of ether oxygens (including phenoxy) is 1. The SMILES string of the molecule is CC1CN(C(=O)COc2ccc(Cl)cc2Cl)CCN1.Cl. The molecule has 2 rings (SSSR count). The third-order valence-corrected chi connectivity index (χ3v) is 3.50. The van der Waals surface area contributed by atoms with Gasteiger partial charge in [0.25, 0.3) is 5.91 Å². The molecule has 0 aliphatic carbocycles. The summed E-state index contributed by atoms with van der Waals surface area (Å²) in [5, 5.41) is 4.24. The smallest absolute Gasteiger partial charge is 0.260 e. The number of hydrogen-bond donors (Lipinski definition) is 1. The molecule has 1 fully saturated rings. The van der Waals surface area contributed by atoms with Crippen molar-refractivity contribution in [2.45, 2.75) is 13.0 Å². The van der Waals surface area contributed by atoms with Crippen molar-refractivity contribution in [3.8, 4) is 5.75 Å². The van der Waals surface area contributed by atoms with Crippen molar-refractivity contribution >= 4 is 41.5 Å². The predicted octanol–water partition coefficient (Wildman–Crippen LogP) is 2.61. The van der Waals surface area contributed by atoms with E-state index >= 15 is 0 Å². The van der Waals surface area contributed by atoms with E-state index in [2.05, 4.69) is 12.2 Å². The van der Waals surface area contributed by atoms with Crippen molar-refractivity contribution in [3.63, 3.8) is 0 Å². The molecule has 1 saturated heterocycles. The quantitative estimate of drug-likeness (QED) is 0.920. The summed E-state index contributed by atoms with van der Waals surface area (Å²) in [7, 11) is 0. The molecule has 0 radical (unpaired) electrons. The third-order valence-electron chi connectivity index (χ3n) is 2.97. The van der Waals surface area contributed by atoms with Gasteiger partial charge >= 0.3 is 0 Å². The molecule has 1 N–H and O–H groups in total. The first-order valence-corrected chi connectivity index (χ1v) is 6.91. The van der Waals surface area contributed by atoms with Crippen LogP contribution < -0.4 is 10.1 Å². The Morgan fingerprint density at radius 2 is 2.25 bits per heavy atom. The topological polar surface area (TPSA) is 41.6 Å². The van der Waals surface area contributed by atoms with Gasteiger partial charge in [-0.1, -0.05) is 23.2 Å². The van der Waals surface area contributed by atoms with Crippen molar-refractivity contribution < 1.29 is 9.53 Å². The molecular weight excluding hydrogens is 323 g/mol. The summed E-state index contributed by atoms with van der Waals surface area (Å²) in [5.41, 5.74) is 0. The fourth-order valence-electron chi connectivity index (χ4n) is 1.98. The van der Waals surface area contributed by atoms with Gasteiger partial charge in [-0.15, -0.1) is 12.4 Å². The second kappa shape index (κ2) is 7.93. The summed E-state index contributed by atoms with van der Waals surface area (Å²) in [5.74, 6) is 0.446. The summed E-state index contributed by atoms with van der Waals surface area (Å²) in [4.78, 5) is 13.8. The van der Waals surface area contributed by atoms with Crippen LogP contribution >= 0.6 is 35.6 Å². The summed E-state index contributed by atoms with van der Waals surface area (Å²) in [6.07, 6.45) is 0. The Balaban J connectivity index is 0.00000200. The zero-order valence-electron chi connectivity index (χ0n) is 11.1. The number of amides is 1. The predicted molar refractivity (Wildman–Crippen MR) is 83.2 cm³/mol. The Kier molecular flexibility index (Phi) is 6.89. The van der Waals surface area contributed by atoms with Crippen molar-refractivity contribution in [1.29, 1.82) is 0 Å². The van der Waals surface area contributed by atoms with Gasteiger partial charge in [0, 0.05) is 30.7 Å². The Morgan fingerprint density at radius 3 is 2.90 bits per heavy atom. The van der Waals surface area contributed by atoms with Crippen LogP contribution in [0.5, 0.6) is 5.75 Å². The zero-order valence-corrected chi connectivity index (χ0v) is 13.4. The van der Waals surface area contributed by atoms with E-state index < -0.39 is 0 Å². The number of hydrogen-bond acceptors (Lipinski definition) is 3. The van der Waals surface area contributed by atoms with Crippen LogP contribution in [0.4, 0.5) is 0 Å². The molecule has 20 heavy (non-hydrogen) atoms. The maximum absolute atomic E-state index is 12.0. The van der Waals surface area contributed by atoms with Gasteiger partial charge in [0.15, 0.2) is 6.61 Å². The summed E-state index contributed by atoms with van der Waals surface area (Å²) in [6.45, 7) is 4.27. The standard InChI is InChI=1S/C13H16Cl2N2O2.ClH/c1-9-7-17(5-4-16-9)13(18)8-19-12-3-2-10(14)6-11(12)15;/h2-3,6,9,16H,4-5,7-8H2,1H3;1H. The van der Waals surface area contributed by atoms with Gasteiger partial charge in [-0.3, -0.25) is 4.79 Å². The summed E-state index contributed by atoms with van der Waals surface area (Å²) < 4.78 is 5.44. The van der Waals surface area contributed by atoms with Crippen LogP contribution in [-0.4, -0.2) is 43.1 Å². The van der Waals surface area contributed by atoms with E-state index in [9.17, 15) is 4.79 Å². The number of piperazine rings is 1. The number of nitrogens with zero attached hydrogens (tertiary/aromatic N) is 1. The molecule has 1 aliphatic rings. The van der Waals surface area contributed by atoms with E-state index in [0.29, 0.717) is 34.9 Å².